The number of aromatic amines is 1. The third-order valence-corrected chi connectivity index (χ3v) is 6.64. The van der Waals surface area contributed by atoms with E-state index >= 15 is 0 Å². The highest BCUT2D eigenvalue weighted by Gasteiger charge is 2.28. The van der Waals surface area contributed by atoms with Crippen LogP contribution in [0.25, 0.3) is 22.8 Å². The highest BCUT2D eigenvalue weighted by Crippen LogP contribution is 2.40. The first-order chi connectivity index (χ1) is 17.0. The largest absolute Gasteiger partial charge is 0.358 e. The minimum atomic E-state index is -0.341. The molecular formula is C28H29FN4O2. The van der Waals surface area contributed by atoms with Gasteiger partial charge >= 0.3 is 0 Å². The first kappa shape index (κ1) is 23.1. The molecule has 0 unspecified atom stereocenters. The normalized spacial score (nSPS) is 16.9. The average Bonchev–Trinajstić information content (AvgIpc) is 3.38. The second kappa shape index (κ2) is 9.88. The van der Waals surface area contributed by atoms with E-state index in [9.17, 15) is 14.0 Å². The maximum atomic E-state index is 13.9. The molecule has 6 nitrogen and oxygen atoms in total. The van der Waals surface area contributed by atoms with Crippen molar-refractivity contribution in [3.05, 3.63) is 76.9 Å². The molecule has 0 atom stereocenters. The summed E-state index contributed by atoms with van der Waals surface area (Å²) in [6.45, 7) is 5.45. The number of amides is 2. The number of H-pyrrole nitrogens is 1. The minimum absolute atomic E-state index is 0.171. The number of anilines is 1. The van der Waals surface area contributed by atoms with E-state index in [1.807, 2.05) is 31.2 Å². The molecule has 1 saturated heterocycles. The molecule has 0 spiro atoms. The van der Waals surface area contributed by atoms with Gasteiger partial charge in [0.25, 0.3) is 11.8 Å². The van der Waals surface area contributed by atoms with Crippen LogP contribution >= 0.6 is 0 Å². The fourth-order valence-electron chi connectivity index (χ4n) is 4.95. The second-order valence-corrected chi connectivity index (χ2v) is 9.19. The number of nitrogens with zero attached hydrogens (tertiary/aromatic N) is 1. The van der Waals surface area contributed by atoms with Gasteiger partial charge in [0, 0.05) is 30.0 Å². The summed E-state index contributed by atoms with van der Waals surface area (Å²) in [5.74, 6) is -0.769. The van der Waals surface area contributed by atoms with Crippen molar-refractivity contribution < 1.29 is 14.0 Å². The van der Waals surface area contributed by atoms with Gasteiger partial charge in [-0.25, -0.2) is 4.39 Å². The number of hydrogen-bond acceptors (Lipinski definition) is 3. The Morgan fingerprint density at radius 2 is 1.91 bits per heavy atom. The first-order valence-corrected chi connectivity index (χ1v) is 12.1. The number of rotatable bonds is 6. The van der Waals surface area contributed by atoms with Crippen molar-refractivity contribution in [1.29, 1.82) is 0 Å². The van der Waals surface area contributed by atoms with Gasteiger partial charge in [-0.1, -0.05) is 30.7 Å². The van der Waals surface area contributed by atoms with E-state index in [1.54, 1.807) is 18.2 Å². The lowest BCUT2D eigenvalue weighted by Gasteiger charge is -2.26. The molecule has 2 aromatic carbocycles. The summed E-state index contributed by atoms with van der Waals surface area (Å²) in [6.07, 6.45) is 5.42. The zero-order chi connectivity index (χ0) is 24.4. The standard InChI is InChI=1S/C28H29FN4O2/c1-18-15-22(27(34)30-11-14-33-12-3-2-4-13-33)25(31-18)17-23-26-21(19-7-5-8-20(29)16-19)9-6-10-24(26)32-28(23)35/h5-10,15-17,31H,2-4,11-14H2,1H3,(H,30,34)(H,32,35). The Hall–Kier alpha value is -3.71. The zero-order valence-corrected chi connectivity index (χ0v) is 19.8. The number of carbonyl (C=O) groups is 2. The van der Waals surface area contributed by atoms with Gasteiger partial charge in [-0.2, -0.15) is 0 Å². The summed E-state index contributed by atoms with van der Waals surface area (Å²) in [4.78, 5) is 31.6. The van der Waals surface area contributed by atoms with E-state index in [-0.39, 0.29) is 17.6 Å². The molecule has 3 aromatic rings. The molecule has 0 bridgehead atoms. The van der Waals surface area contributed by atoms with Crippen LogP contribution in [0.15, 0.2) is 48.5 Å². The Labute approximate surface area is 204 Å². The summed E-state index contributed by atoms with van der Waals surface area (Å²) < 4.78 is 13.9. The molecule has 0 saturated carbocycles. The molecule has 3 N–H and O–H groups in total. The third-order valence-electron chi connectivity index (χ3n) is 6.64. The van der Waals surface area contributed by atoms with Gasteiger partial charge in [-0.05, 0) is 74.3 Å². The summed E-state index contributed by atoms with van der Waals surface area (Å²) >= 11 is 0. The monoisotopic (exact) mass is 472 g/mol. The fraction of sp³-hybridized carbons (Fsp3) is 0.286. The lowest BCUT2D eigenvalue weighted by Crippen LogP contribution is -2.37. The molecule has 1 aromatic heterocycles. The van der Waals surface area contributed by atoms with Gasteiger partial charge in [0.05, 0.1) is 16.8 Å². The summed E-state index contributed by atoms with van der Waals surface area (Å²) in [5.41, 5.74) is 5.14. The van der Waals surface area contributed by atoms with Crippen molar-refractivity contribution in [2.24, 2.45) is 0 Å². The Balaban J connectivity index is 1.43. The number of benzene rings is 2. The predicted molar refractivity (Wildman–Crippen MR) is 136 cm³/mol. The van der Waals surface area contributed by atoms with Crippen LogP contribution in [0.2, 0.25) is 0 Å². The second-order valence-electron chi connectivity index (χ2n) is 9.19. The molecule has 35 heavy (non-hydrogen) atoms. The SMILES string of the molecule is Cc1cc(C(=O)NCCN2CCCCC2)c(C=C2C(=O)Nc3cccc(-c4cccc(F)c4)c32)[nH]1. The van der Waals surface area contributed by atoms with Crippen LogP contribution in [0.4, 0.5) is 10.1 Å². The smallest absolute Gasteiger partial charge is 0.256 e. The number of likely N-dealkylation sites (tertiary alicyclic amines) is 1. The van der Waals surface area contributed by atoms with Crippen LogP contribution in [-0.2, 0) is 4.79 Å². The van der Waals surface area contributed by atoms with E-state index in [1.165, 1.54) is 31.4 Å². The van der Waals surface area contributed by atoms with E-state index in [0.29, 0.717) is 40.2 Å². The van der Waals surface area contributed by atoms with E-state index in [2.05, 4.69) is 20.5 Å². The Kier molecular flexibility index (Phi) is 6.51. The van der Waals surface area contributed by atoms with Gasteiger partial charge < -0.3 is 20.5 Å². The fourth-order valence-corrected chi connectivity index (χ4v) is 4.95. The van der Waals surface area contributed by atoms with E-state index < -0.39 is 0 Å². The average molecular weight is 473 g/mol. The topological polar surface area (TPSA) is 77.2 Å². The van der Waals surface area contributed by atoms with Gasteiger partial charge in [-0.15, -0.1) is 0 Å². The van der Waals surface area contributed by atoms with E-state index in [0.717, 1.165) is 30.9 Å². The molecule has 0 aliphatic carbocycles. The molecule has 2 aliphatic heterocycles. The molecule has 2 amide bonds. The number of halogens is 1. The van der Waals surface area contributed by atoms with Crippen LogP contribution < -0.4 is 10.6 Å². The van der Waals surface area contributed by atoms with Crippen molar-refractivity contribution in [3.8, 4) is 11.1 Å². The summed E-state index contributed by atoms with van der Waals surface area (Å²) in [5, 5.41) is 5.92. The highest BCUT2D eigenvalue weighted by atomic mass is 19.1. The zero-order valence-electron chi connectivity index (χ0n) is 19.8. The lowest BCUT2D eigenvalue weighted by atomic mass is 9.94. The molecule has 1 fully saturated rings. The van der Waals surface area contributed by atoms with Crippen molar-refractivity contribution in [1.82, 2.24) is 15.2 Å². The Morgan fingerprint density at radius 1 is 1.11 bits per heavy atom. The van der Waals surface area contributed by atoms with Crippen LogP contribution in [0.5, 0.6) is 0 Å². The molecule has 180 valence electrons. The molecule has 7 heteroatoms. The number of piperidine rings is 1. The number of aryl methyl sites for hydroxylation is 1. The molecule has 2 aliphatic rings. The predicted octanol–water partition coefficient (Wildman–Crippen LogP) is 4.84. The van der Waals surface area contributed by atoms with Gasteiger partial charge in [0.1, 0.15) is 5.82 Å². The Bertz CT molecular complexity index is 1300. The van der Waals surface area contributed by atoms with E-state index in [4.69, 9.17) is 0 Å². The lowest BCUT2D eigenvalue weighted by molar-refractivity contribution is -0.110. The van der Waals surface area contributed by atoms with Crippen LogP contribution in [0.1, 0.15) is 46.6 Å². The summed E-state index contributed by atoms with van der Waals surface area (Å²) in [7, 11) is 0. The quantitative estimate of drug-likeness (QED) is 0.450. The third kappa shape index (κ3) is 4.91. The molecule has 3 heterocycles. The highest BCUT2D eigenvalue weighted by molar-refractivity contribution is 6.36. The van der Waals surface area contributed by atoms with Crippen molar-refractivity contribution >= 4 is 29.2 Å². The van der Waals surface area contributed by atoms with Crippen molar-refractivity contribution in [2.75, 3.05) is 31.5 Å². The van der Waals surface area contributed by atoms with Crippen LogP contribution in [0, 0.1) is 12.7 Å². The molecular weight excluding hydrogens is 443 g/mol. The number of aromatic nitrogens is 1. The Morgan fingerprint density at radius 3 is 2.71 bits per heavy atom. The van der Waals surface area contributed by atoms with Gasteiger partial charge in [0.15, 0.2) is 0 Å². The molecule has 5 rings (SSSR count). The van der Waals surface area contributed by atoms with Crippen LogP contribution in [-0.4, -0.2) is 47.9 Å². The van der Waals surface area contributed by atoms with Gasteiger partial charge in [0.2, 0.25) is 0 Å². The maximum absolute atomic E-state index is 13.9. The number of nitrogens with one attached hydrogen (secondary N) is 3. The summed E-state index contributed by atoms with van der Waals surface area (Å²) in [6, 6.07) is 13.6. The van der Waals surface area contributed by atoms with Gasteiger partial charge in [-0.3, -0.25) is 9.59 Å². The number of fused-ring (bicyclic) bond motifs is 1. The van der Waals surface area contributed by atoms with Crippen molar-refractivity contribution in [3.63, 3.8) is 0 Å². The van der Waals surface area contributed by atoms with Crippen molar-refractivity contribution in [2.45, 2.75) is 26.2 Å². The maximum Gasteiger partial charge on any atom is 0.256 e. The number of hydrogen-bond donors (Lipinski definition) is 3. The van der Waals surface area contributed by atoms with Crippen LogP contribution in [0.3, 0.4) is 0 Å². The first-order valence-electron chi connectivity index (χ1n) is 12.1. The number of carbonyl (C=O) groups excluding carboxylic acids is 2. The molecule has 0 radical (unpaired) electrons. The minimum Gasteiger partial charge on any atom is -0.358 e.